The summed E-state index contributed by atoms with van der Waals surface area (Å²) in [6.07, 6.45) is 0. The molecule has 0 saturated heterocycles. The average Bonchev–Trinajstić information content (AvgIpc) is 2.30. The average molecular weight is 329 g/mol. The molecule has 1 aromatic carbocycles. The van der Waals surface area contributed by atoms with E-state index in [2.05, 4.69) is 5.32 Å². The molecule has 0 saturated carbocycles. The van der Waals surface area contributed by atoms with Gasteiger partial charge in [-0.1, -0.05) is 41.7 Å². The maximum Gasteiger partial charge on any atom is 0.234 e. The van der Waals surface area contributed by atoms with E-state index in [1.807, 2.05) is 6.92 Å². The summed E-state index contributed by atoms with van der Waals surface area (Å²) in [6, 6.07) is 3.02. The van der Waals surface area contributed by atoms with Crippen molar-refractivity contribution in [1.82, 2.24) is 0 Å². The van der Waals surface area contributed by atoms with Crippen molar-refractivity contribution in [2.24, 2.45) is 0 Å². The van der Waals surface area contributed by atoms with Crippen molar-refractivity contribution in [3.63, 3.8) is 0 Å². The standard InChI is InChI=1S/C11H12Cl3NO2S/c1-6(4-16)18-5-10(17)15-11-8(13)2-7(12)3-9(11)14/h2-3,6,16H,4-5H2,1H3,(H,15,17). The quantitative estimate of drug-likeness (QED) is 0.866. The molecule has 1 amide bonds. The molecule has 1 unspecified atom stereocenters. The number of benzene rings is 1. The third kappa shape index (κ3) is 4.86. The van der Waals surface area contributed by atoms with Crippen LogP contribution in [0.2, 0.25) is 15.1 Å². The van der Waals surface area contributed by atoms with E-state index in [9.17, 15) is 4.79 Å². The molecule has 1 aromatic rings. The third-order valence-corrected chi connectivity index (χ3v) is 3.99. The van der Waals surface area contributed by atoms with Gasteiger partial charge >= 0.3 is 0 Å². The Kier molecular flexibility index (Phi) is 6.60. The van der Waals surface area contributed by atoms with Gasteiger partial charge < -0.3 is 10.4 Å². The molecule has 0 heterocycles. The Morgan fingerprint density at radius 3 is 2.44 bits per heavy atom. The number of carbonyl (C=O) groups is 1. The second-order valence-electron chi connectivity index (χ2n) is 3.60. The molecule has 0 aliphatic carbocycles. The van der Waals surface area contributed by atoms with Crippen LogP contribution in [0.4, 0.5) is 5.69 Å². The summed E-state index contributed by atoms with van der Waals surface area (Å²) in [6.45, 7) is 1.86. The number of anilines is 1. The molecule has 7 heteroatoms. The molecule has 2 N–H and O–H groups in total. The van der Waals surface area contributed by atoms with Crippen LogP contribution < -0.4 is 5.32 Å². The maximum absolute atomic E-state index is 11.7. The van der Waals surface area contributed by atoms with Gasteiger partial charge in [-0.3, -0.25) is 4.79 Å². The fourth-order valence-electron chi connectivity index (χ4n) is 1.11. The van der Waals surface area contributed by atoms with Gasteiger partial charge in [0.05, 0.1) is 28.1 Å². The van der Waals surface area contributed by atoms with Crippen molar-refractivity contribution >= 4 is 58.2 Å². The smallest absolute Gasteiger partial charge is 0.234 e. The molecule has 0 aliphatic heterocycles. The normalized spacial score (nSPS) is 12.3. The SMILES string of the molecule is CC(CO)SCC(=O)Nc1c(Cl)cc(Cl)cc1Cl. The largest absolute Gasteiger partial charge is 0.395 e. The minimum Gasteiger partial charge on any atom is -0.395 e. The summed E-state index contributed by atoms with van der Waals surface area (Å²) in [5.41, 5.74) is 0.352. The Bertz CT molecular complexity index is 419. The van der Waals surface area contributed by atoms with Crippen molar-refractivity contribution in [3.05, 3.63) is 27.2 Å². The Morgan fingerprint density at radius 1 is 1.39 bits per heavy atom. The van der Waals surface area contributed by atoms with Gasteiger partial charge in [0.25, 0.3) is 0 Å². The van der Waals surface area contributed by atoms with Crippen LogP contribution in [0.25, 0.3) is 0 Å². The summed E-state index contributed by atoms with van der Waals surface area (Å²) in [7, 11) is 0. The monoisotopic (exact) mass is 327 g/mol. The molecule has 0 aromatic heterocycles. The highest BCUT2D eigenvalue weighted by Crippen LogP contribution is 2.33. The number of aliphatic hydroxyl groups excluding tert-OH is 1. The van der Waals surface area contributed by atoms with Crippen LogP contribution in [-0.2, 0) is 4.79 Å². The zero-order valence-electron chi connectivity index (χ0n) is 9.54. The van der Waals surface area contributed by atoms with Gasteiger partial charge in [0, 0.05) is 10.3 Å². The second kappa shape index (κ2) is 7.46. The molecule has 0 radical (unpaired) electrons. The first-order valence-electron chi connectivity index (χ1n) is 5.11. The molecule has 1 rings (SSSR count). The molecule has 0 fully saturated rings. The lowest BCUT2D eigenvalue weighted by Gasteiger charge is -2.11. The van der Waals surface area contributed by atoms with E-state index in [0.717, 1.165) is 0 Å². The van der Waals surface area contributed by atoms with Crippen LogP contribution in [0, 0.1) is 0 Å². The van der Waals surface area contributed by atoms with Crippen LogP contribution in [-0.4, -0.2) is 28.6 Å². The summed E-state index contributed by atoms with van der Waals surface area (Å²) in [5.74, 6) is -0.0109. The van der Waals surface area contributed by atoms with Crippen molar-refractivity contribution < 1.29 is 9.90 Å². The molecule has 100 valence electrons. The second-order valence-corrected chi connectivity index (χ2v) is 6.27. The van der Waals surface area contributed by atoms with Gasteiger partial charge in [-0.25, -0.2) is 0 Å². The molecule has 0 bridgehead atoms. The Morgan fingerprint density at radius 2 is 1.94 bits per heavy atom. The number of hydrogen-bond acceptors (Lipinski definition) is 3. The highest BCUT2D eigenvalue weighted by molar-refractivity contribution is 8.00. The van der Waals surface area contributed by atoms with Crippen LogP contribution in [0.3, 0.4) is 0 Å². The molecule has 3 nitrogen and oxygen atoms in total. The van der Waals surface area contributed by atoms with E-state index >= 15 is 0 Å². The highest BCUT2D eigenvalue weighted by atomic mass is 35.5. The maximum atomic E-state index is 11.7. The summed E-state index contributed by atoms with van der Waals surface area (Å²) in [5, 5.41) is 12.5. The number of carbonyl (C=O) groups excluding carboxylic acids is 1. The van der Waals surface area contributed by atoms with Gasteiger partial charge in [0.1, 0.15) is 0 Å². The lowest BCUT2D eigenvalue weighted by Crippen LogP contribution is -2.17. The Hall–Kier alpha value is -0.130. The van der Waals surface area contributed by atoms with Gasteiger partial charge in [0.2, 0.25) is 5.91 Å². The third-order valence-electron chi connectivity index (χ3n) is 2.03. The van der Waals surface area contributed by atoms with Gasteiger partial charge in [-0.2, -0.15) is 0 Å². The first kappa shape index (κ1) is 15.9. The highest BCUT2D eigenvalue weighted by Gasteiger charge is 2.12. The predicted octanol–water partition coefficient (Wildman–Crippen LogP) is 3.70. The van der Waals surface area contributed by atoms with E-state index in [0.29, 0.717) is 20.8 Å². The number of hydrogen-bond donors (Lipinski definition) is 2. The lowest BCUT2D eigenvalue weighted by molar-refractivity contribution is -0.113. The van der Waals surface area contributed by atoms with E-state index in [4.69, 9.17) is 39.9 Å². The van der Waals surface area contributed by atoms with E-state index in [-0.39, 0.29) is 23.5 Å². The minimum absolute atomic E-state index is 0.00640. The fourth-order valence-corrected chi connectivity index (χ4v) is 2.63. The zero-order valence-corrected chi connectivity index (χ0v) is 12.6. The van der Waals surface area contributed by atoms with Crippen LogP contribution in [0.5, 0.6) is 0 Å². The van der Waals surface area contributed by atoms with Gasteiger partial charge in [-0.15, -0.1) is 11.8 Å². The van der Waals surface area contributed by atoms with Crippen molar-refractivity contribution in [2.45, 2.75) is 12.2 Å². The van der Waals surface area contributed by atoms with Gasteiger partial charge in [-0.05, 0) is 12.1 Å². The summed E-state index contributed by atoms with van der Waals surface area (Å²) in [4.78, 5) is 11.7. The fraction of sp³-hybridized carbons (Fsp3) is 0.364. The molecule has 0 aliphatic rings. The number of rotatable bonds is 5. The molecule has 18 heavy (non-hydrogen) atoms. The van der Waals surface area contributed by atoms with Gasteiger partial charge in [0.15, 0.2) is 0 Å². The van der Waals surface area contributed by atoms with Crippen LogP contribution in [0.15, 0.2) is 12.1 Å². The Balaban J connectivity index is 2.65. The predicted molar refractivity (Wildman–Crippen MR) is 79.1 cm³/mol. The van der Waals surface area contributed by atoms with Crippen LogP contribution in [0.1, 0.15) is 6.92 Å². The lowest BCUT2D eigenvalue weighted by atomic mass is 10.3. The Labute approximate surface area is 125 Å². The number of thioether (sulfide) groups is 1. The number of nitrogens with one attached hydrogen (secondary N) is 1. The number of amides is 1. The van der Waals surface area contributed by atoms with E-state index < -0.39 is 0 Å². The van der Waals surface area contributed by atoms with E-state index in [1.54, 1.807) is 0 Å². The topological polar surface area (TPSA) is 49.3 Å². The van der Waals surface area contributed by atoms with Crippen molar-refractivity contribution in [1.29, 1.82) is 0 Å². The summed E-state index contributed by atoms with van der Waals surface area (Å²) >= 11 is 19.0. The molecular formula is C11H12Cl3NO2S. The zero-order chi connectivity index (χ0) is 13.7. The first-order chi connectivity index (χ1) is 8.43. The first-order valence-corrected chi connectivity index (χ1v) is 7.29. The number of halogens is 3. The molecular weight excluding hydrogens is 317 g/mol. The van der Waals surface area contributed by atoms with Crippen LogP contribution >= 0.6 is 46.6 Å². The molecule has 0 spiro atoms. The molecule has 1 atom stereocenters. The minimum atomic E-state index is -0.230. The van der Waals surface area contributed by atoms with E-state index in [1.165, 1.54) is 23.9 Å². The summed E-state index contributed by atoms with van der Waals surface area (Å²) < 4.78 is 0. The number of aliphatic hydroxyl groups is 1. The van der Waals surface area contributed by atoms with Crippen molar-refractivity contribution in [3.8, 4) is 0 Å². The van der Waals surface area contributed by atoms with Crippen molar-refractivity contribution in [2.75, 3.05) is 17.7 Å².